The lowest BCUT2D eigenvalue weighted by Gasteiger charge is -2.01. The maximum atomic E-state index is 8.35. The Morgan fingerprint density at radius 1 is 1.36 bits per heavy atom. The van der Waals surface area contributed by atoms with Crippen molar-refractivity contribution in [2.45, 2.75) is 6.42 Å². The fourth-order valence-corrected chi connectivity index (χ4v) is 1.37. The van der Waals surface area contributed by atoms with Crippen LogP contribution in [0.2, 0.25) is 0 Å². The summed E-state index contributed by atoms with van der Waals surface area (Å²) in [6.07, 6.45) is 0.831. The molecule has 0 saturated carbocycles. The van der Waals surface area contributed by atoms with Gasteiger partial charge in [0.25, 0.3) is 0 Å². The maximum absolute atomic E-state index is 8.35. The topological polar surface area (TPSA) is 32.3 Å². The van der Waals surface area contributed by atoms with Crippen LogP contribution < -0.4 is 5.48 Å². The van der Waals surface area contributed by atoms with Crippen LogP contribution in [-0.4, -0.2) is 11.8 Å². The van der Waals surface area contributed by atoms with Gasteiger partial charge in [-0.05, 0) is 18.1 Å². The molecule has 0 bridgehead atoms. The van der Waals surface area contributed by atoms with Crippen LogP contribution in [0.15, 0.2) is 28.7 Å². The average Bonchev–Trinajstić information content (AvgIpc) is 2.03. The molecule has 1 rings (SSSR count). The van der Waals surface area contributed by atoms with Gasteiger partial charge in [-0.15, -0.1) is 0 Å². The van der Waals surface area contributed by atoms with Gasteiger partial charge >= 0.3 is 0 Å². The highest BCUT2D eigenvalue weighted by atomic mass is 79.9. The zero-order valence-electron chi connectivity index (χ0n) is 6.05. The Morgan fingerprint density at radius 3 is 2.73 bits per heavy atom. The molecule has 0 aromatic heterocycles. The predicted octanol–water partition coefficient (Wildman–Crippen LogP) is 1.97. The number of hydrogen-bond acceptors (Lipinski definition) is 2. The second kappa shape index (κ2) is 4.49. The lowest BCUT2D eigenvalue weighted by atomic mass is 10.2. The van der Waals surface area contributed by atoms with Crippen molar-refractivity contribution in [2.24, 2.45) is 0 Å². The molecule has 1 aromatic carbocycles. The summed E-state index contributed by atoms with van der Waals surface area (Å²) < 4.78 is 1.09. The van der Waals surface area contributed by atoms with Crippen molar-refractivity contribution in [3.05, 3.63) is 34.3 Å². The minimum absolute atomic E-state index is 0.586. The van der Waals surface area contributed by atoms with Crippen LogP contribution in [0.5, 0.6) is 0 Å². The Kier molecular flexibility index (Phi) is 3.56. The first-order valence-corrected chi connectivity index (χ1v) is 4.24. The van der Waals surface area contributed by atoms with Gasteiger partial charge in [-0.2, -0.15) is 0 Å². The summed E-state index contributed by atoms with van der Waals surface area (Å²) in [5, 5.41) is 8.35. The van der Waals surface area contributed by atoms with E-state index in [-0.39, 0.29) is 0 Å². The fourth-order valence-electron chi connectivity index (χ4n) is 0.892. The van der Waals surface area contributed by atoms with Gasteiger partial charge in [-0.25, -0.2) is 5.48 Å². The van der Waals surface area contributed by atoms with Crippen molar-refractivity contribution in [1.29, 1.82) is 0 Å². The number of nitrogens with one attached hydrogen (secondary N) is 1. The van der Waals surface area contributed by atoms with Gasteiger partial charge in [-0.3, -0.25) is 0 Å². The molecule has 0 aliphatic carbocycles. The summed E-state index contributed by atoms with van der Waals surface area (Å²) in [5.74, 6) is 0. The summed E-state index contributed by atoms with van der Waals surface area (Å²) in [4.78, 5) is 0. The van der Waals surface area contributed by atoms with Crippen LogP contribution in [0.1, 0.15) is 5.56 Å². The van der Waals surface area contributed by atoms with Crippen molar-refractivity contribution in [3.8, 4) is 0 Å². The number of halogens is 1. The summed E-state index contributed by atoms with van der Waals surface area (Å²) in [6.45, 7) is 0.586. The Hall–Kier alpha value is -0.380. The summed E-state index contributed by atoms with van der Waals surface area (Å²) in [5.41, 5.74) is 3.33. The number of hydrogen-bond donors (Lipinski definition) is 2. The van der Waals surface area contributed by atoms with Gasteiger partial charge in [0.2, 0.25) is 0 Å². The van der Waals surface area contributed by atoms with Gasteiger partial charge < -0.3 is 5.21 Å². The molecule has 60 valence electrons. The third-order valence-electron chi connectivity index (χ3n) is 1.46. The van der Waals surface area contributed by atoms with E-state index in [1.54, 1.807) is 0 Å². The predicted molar refractivity (Wildman–Crippen MR) is 47.6 cm³/mol. The van der Waals surface area contributed by atoms with Crippen LogP contribution in [0.25, 0.3) is 0 Å². The molecule has 0 radical (unpaired) electrons. The summed E-state index contributed by atoms with van der Waals surface area (Å²) in [7, 11) is 0. The van der Waals surface area contributed by atoms with E-state index in [1.807, 2.05) is 24.3 Å². The fraction of sp³-hybridized carbons (Fsp3) is 0.250. The van der Waals surface area contributed by atoms with Gasteiger partial charge in [0, 0.05) is 11.0 Å². The first kappa shape index (κ1) is 8.71. The summed E-state index contributed by atoms with van der Waals surface area (Å²) >= 11 is 3.42. The highest BCUT2D eigenvalue weighted by Crippen LogP contribution is 2.15. The van der Waals surface area contributed by atoms with Gasteiger partial charge in [0.05, 0.1) is 0 Å². The quantitative estimate of drug-likeness (QED) is 0.757. The smallest absolute Gasteiger partial charge is 0.0248 e. The number of benzene rings is 1. The standard InChI is InChI=1S/C8H10BrNO/c9-8-4-2-1-3-7(8)5-6-10-11/h1-4,10-11H,5-6H2. The lowest BCUT2D eigenvalue weighted by molar-refractivity contribution is 0.168. The van der Waals surface area contributed by atoms with Gasteiger partial charge in [0.1, 0.15) is 0 Å². The molecule has 0 aliphatic rings. The molecule has 1 aromatic rings. The van der Waals surface area contributed by atoms with Crippen LogP contribution in [0.3, 0.4) is 0 Å². The number of hydroxylamine groups is 1. The van der Waals surface area contributed by atoms with Crippen LogP contribution in [-0.2, 0) is 6.42 Å². The second-order valence-corrected chi connectivity index (χ2v) is 3.10. The van der Waals surface area contributed by atoms with Crippen molar-refractivity contribution < 1.29 is 5.21 Å². The SMILES string of the molecule is ONCCc1ccccc1Br. The molecule has 2 N–H and O–H groups in total. The normalized spacial score (nSPS) is 10.0. The van der Waals surface area contributed by atoms with E-state index < -0.39 is 0 Å². The van der Waals surface area contributed by atoms with Crippen molar-refractivity contribution >= 4 is 15.9 Å². The third-order valence-corrected chi connectivity index (χ3v) is 2.24. The molecule has 0 saturated heterocycles. The molecular formula is C8H10BrNO. The molecule has 0 heterocycles. The molecule has 0 aliphatic heterocycles. The van der Waals surface area contributed by atoms with E-state index in [4.69, 9.17) is 5.21 Å². The third kappa shape index (κ3) is 2.61. The molecule has 2 nitrogen and oxygen atoms in total. The monoisotopic (exact) mass is 215 g/mol. The minimum atomic E-state index is 0.586. The Bertz CT molecular complexity index is 227. The van der Waals surface area contributed by atoms with Gasteiger partial charge in [-0.1, -0.05) is 34.1 Å². The zero-order chi connectivity index (χ0) is 8.10. The molecule has 11 heavy (non-hydrogen) atoms. The van der Waals surface area contributed by atoms with Crippen LogP contribution >= 0.6 is 15.9 Å². The van der Waals surface area contributed by atoms with E-state index >= 15 is 0 Å². The van der Waals surface area contributed by atoms with E-state index in [0.29, 0.717) is 6.54 Å². The molecule has 0 atom stereocenters. The lowest BCUT2D eigenvalue weighted by Crippen LogP contribution is -2.11. The van der Waals surface area contributed by atoms with Crippen molar-refractivity contribution in [1.82, 2.24) is 5.48 Å². The van der Waals surface area contributed by atoms with E-state index in [0.717, 1.165) is 10.9 Å². The molecular weight excluding hydrogens is 206 g/mol. The van der Waals surface area contributed by atoms with Crippen molar-refractivity contribution in [2.75, 3.05) is 6.54 Å². The molecule has 0 unspecified atom stereocenters. The minimum Gasteiger partial charge on any atom is -0.317 e. The second-order valence-electron chi connectivity index (χ2n) is 2.25. The molecule has 0 fully saturated rings. The summed E-state index contributed by atoms with van der Waals surface area (Å²) in [6, 6.07) is 7.98. The Balaban J connectivity index is 2.62. The van der Waals surface area contributed by atoms with Crippen molar-refractivity contribution in [3.63, 3.8) is 0 Å². The largest absolute Gasteiger partial charge is 0.317 e. The first-order valence-electron chi connectivity index (χ1n) is 3.45. The van der Waals surface area contributed by atoms with Gasteiger partial charge in [0.15, 0.2) is 0 Å². The maximum Gasteiger partial charge on any atom is 0.0248 e. The van der Waals surface area contributed by atoms with Crippen LogP contribution in [0, 0.1) is 0 Å². The molecule has 3 heteroatoms. The van der Waals surface area contributed by atoms with E-state index in [1.165, 1.54) is 5.56 Å². The van der Waals surface area contributed by atoms with E-state index in [9.17, 15) is 0 Å². The zero-order valence-corrected chi connectivity index (χ0v) is 7.63. The number of rotatable bonds is 3. The average molecular weight is 216 g/mol. The molecule has 0 spiro atoms. The first-order chi connectivity index (χ1) is 5.34. The van der Waals surface area contributed by atoms with E-state index in [2.05, 4.69) is 21.4 Å². The highest BCUT2D eigenvalue weighted by molar-refractivity contribution is 9.10. The Morgan fingerprint density at radius 2 is 2.09 bits per heavy atom. The Labute approximate surface area is 74.3 Å². The highest BCUT2D eigenvalue weighted by Gasteiger charge is 1.95. The molecule has 0 amide bonds. The van der Waals surface area contributed by atoms with Crippen LogP contribution in [0.4, 0.5) is 0 Å².